The normalized spacial score (nSPS) is 19.4. The first-order chi connectivity index (χ1) is 12.2. The van der Waals surface area contributed by atoms with Crippen LogP contribution in [0.4, 0.5) is 0 Å². The molecule has 2 aromatic rings. The third kappa shape index (κ3) is 3.92. The van der Waals surface area contributed by atoms with Crippen molar-refractivity contribution in [1.82, 2.24) is 16.2 Å². The zero-order valence-electron chi connectivity index (χ0n) is 14.4. The second-order valence-corrected chi connectivity index (χ2v) is 5.93. The van der Waals surface area contributed by atoms with E-state index < -0.39 is 0 Å². The van der Waals surface area contributed by atoms with E-state index >= 15 is 0 Å². The third-order valence-corrected chi connectivity index (χ3v) is 4.39. The van der Waals surface area contributed by atoms with Crippen LogP contribution in [0.3, 0.4) is 0 Å². The number of hydrazine groups is 1. The van der Waals surface area contributed by atoms with Gasteiger partial charge in [0.05, 0.1) is 26.2 Å². The third-order valence-electron chi connectivity index (χ3n) is 4.39. The lowest BCUT2D eigenvalue weighted by molar-refractivity contribution is -0.125. The number of nitrogens with one attached hydrogen (secondary N) is 3. The van der Waals surface area contributed by atoms with Gasteiger partial charge in [-0.05, 0) is 23.3 Å². The highest BCUT2D eigenvalue weighted by Gasteiger charge is 2.34. The highest BCUT2D eigenvalue weighted by Crippen LogP contribution is 2.33. The SMILES string of the molecule is COc1ccc(C2NNCC2C(=O)NCc2ccccc2)cc1OC. The van der Waals surface area contributed by atoms with Gasteiger partial charge in [0.25, 0.3) is 0 Å². The maximum Gasteiger partial charge on any atom is 0.226 e. The Bertz CT molecular complexity index is 721. The van der Waals surface area contributed by atoms with Gasteiger partial charge in [0.15, 0.2) is 11.5 Å². The molecule has 0 aliphatic carbocycles. The van der Waals surface area contributed by atoms with Crippen LogP contribution >= 0.6 is 0 Å². The van der Waals surface area contributed by atoms with Gasteiger partial charge in [-0.25, -0.2) is 5.43 Å². The van der Waals surface area contributed by atoms with E-state index in [1.807, 2.05) is 48.5 Å². The number of methoxy groups -OCH3 is 2. The molecule has 2 aromatic carbocycles. The summed E-state index contributed by atoms with van der Waals surface area (Å²) < 4.78 is 10.6. The van der Waals surface area contributed by atoms with Crippen LogP contribution < -0.4 is 25.6 Å². The molecule has 0 aromatic heterocycles. The Hall–Kier alpha value is -2.57. The van der Waals surface area contributed by atoms with E-state index in [1.165, 1.54) is 0 Å². The van der Waals surface area contributed by atoms with Gasteiger partial charge in [-0.3, -0.25) is 10.2 Å². The summed E-state index contributed by atoms with van der Waals surface area (Å²) in [5.74, 6) is 1.13. The first-order valence-corrected chi connectivity index (χ1v) is 8.25. The molecule has 3 N–H and O–H groups in total. The maximum atomic E-state index is 12.6. The van der Waals surface area contributed by atoms with Gasteiger partial charge < -0.3 is 14.8 Å². The summed E-state index contributed by atoms with van der Waals surface area (Å²) in [5, 5.41) is 3.02. The van der Waals surface area contributed by atoms with Crippen molar-refractivity contribution in [3.63, 3.8) is 0 Å². The van der Waals surface area contributed by atoms with Gasteiger partial charge in [-0.1, -0.05) is 36.4 Å². The zero-order valence-corrected chi connectivity index (χ0v) is 14.4. The van der Waals surface area contributed by atoms with E-state index in [2.05, 4.69) is 16.2 Å². The molecule has 132 valence electrons. The highest BCUT2D eigenvalue weighted by atomic mass is 16.5. The topological polar surface area (TPSA) is 71.6 Å². The standard InChI is InChI=1S/C19H23N3O3/c1-24-16-9-8-14(10-17(16)25-2)18-15(12-21-22-18)19(23)20-11-13-6-4-3-5-7-13/h3-10,15,18,21-22H,11-12H2,1-2H3,(H,20,23). The molecule has 2 atom stereocenters. The van der Waals surface area contributed by atoms with Crippen molar-refractivity contribution >= 4 is 5.91 Å². The maximum absolute atomic E-state index is 12.6. The fourth-order valence-electron chi connectivity index (χ4n) is 3.02. The predicted molar refractivity (Wildman–Crippen MR) is 95.2 cm³/mol. The van der Waals surface area contributed by atoms with Gasteiger partial charge in [0, 0.05) is 13.1 Å². The minimum atomic E-state index is -0.207. The average molecular weight is 341 g/mol. The summed E-state index contributed by atoms with van der Waals surface area (Å²) >= 11 is 0. The zero-order chi connectivity index (χ0) is 17.6. The molecule has 1 saturated heterocycles. The van der Waals surface area contributed by atoms with E-state index in [9.17, 15) is 4.79 Å². The van der Waals surface area contributed by atoms with Crippen LogP contribution in [0.15, 0.2) is 48.5 Å². The Labute approximate surface area is 147 Å². The Morgan fingerprint density at radius 1 is 1.12 bits per heavy atom. The molecule has 3 rings (SSSR count). The smallest absolute Gasteiger partial charge is 0.226 e. The predicted octanol–water partition coefficient (Wildman–Crippen LogP) is 1.79. The summed E-state index contributed by atoms with van der Waals surface area (Å²) in [7, 11) is 3.21. The number of hydrogen-bond acceptors (Lipinski definition) is 5. The van der Waals surface area contributed by atoms with Crippen LogP contribution in [0.25, 0.3) is 0 Å². The van der Waals surface area contributed by atoms with Crippen LogP contribution in [0.5, 0.6) is 11.5 Å². The molecule has 6 nitrogen and oxygen atoms in total. The first kappa shape index (κ1) is 17.3. The molecule has 1 aliphatic heterocycles. The van der Waals surface area contributed by atoms with E-state index in [0.29, 0.717) is 24.6 Å². The summed E-state index contributed by atoms with van der Waals surface area (Å²) in [6, 6.07) is 15.5. The number of rotatable bonds is 6. The van der Waals surface area contributed by atoms with Crippen molar-refractivity contribution in [2.45, 2.75) is 12.6 Å². The second-order valence-electron chi connectivity index (χ2n) is 5.93. The van der Waals surface area contributed by atoms with Crippen LogP contribution in [0.2, 0.25) is 0 Å². The fourth-order valence-corrected chi connectivity index (χ4v) is 3.02. The first-order valence-electron chi connectivity index (χ1n) is 8.25. The summed E-state index contributed by atoms with van der Waals surface area (Å²) in [4.78, 5) is 12.6. The largest absolute Gasteiger partial charge is 0.493 e. The fraction of sp³-hybridized carbons (Fsp3) is 0.316. The number of amides is 1. The molecule has 1 heterocycles. The van der Waals surface area contributed by atoms with Gasteiger partial charge in [-0.2, -0.15) is 0 Å². The molecular weight excluding hydrogens is 318 g/mol. The molecule has 1 amide bonds. The highest BCUT2D eigenvalue weighted by molar-refractivity contribution is 5.80. The Balaban J connectivity index is 1.70. The van der Waals surface area contributed by atoms with Crippen molar-refractivity contribution in [2.75, 3.05) is 20.8 Å². The number of carbonyl (C=O) groups excluding carboxylic acids is 1. The lowest BCUT2D eigenvalue weighted by Crippen LogP contribution is -2.34. The Morgan fingerprint density at radius 2 is 1.88 bits per heavy atom. The quantitative estimate of drug-likeness (QED) is 0.747. The Kier molecular flexibility index (Phi) is 5.53. The molecule has 0 radical (unpaired) electrons. The monoisotopic (exact) mass is 341 g/mol. The lowest BCUT2D eigenvalue weighted by atomic mass is 9.93. The molecular formula is C19H23N3O3. The molecule has 25 heavy (non-hydrogen) atoms. The lowest BCUT2D eigenvalue weighted by Gasteiger charge is -2.20. The average Bonchev–Trinajstić information content (AvgIpc) is 3.16. The number of carbonyl (C=O) groups is 1. The van der Waals surface area contributed by atoms with Crippen LogP contribution in [-0.4, -0.2) is 26.7 Å². The van der Waals surface area contributed by atoms with Crippen molar-refractivity contribution in [3.8, 4) is 11.5 Å². The van der Waals surface area contributed by atoms with Gasteiger partial charge in [0.2, 0.25) is 5.91 Å². The number of benzene rings is 2. The van der Waals surface area contributed by atoms with E-state index in [0.717, 1.165) is 11.1 Å². The molecule has 0 spiro atoms. The Morgan fingerprint density at radius 3 is 2.60 bits per heavy atom. The molecule has 1 aliphatic rings. The van der Waals surface area contributed by atoms with Crippen LogP contribution in [0, 0.1) is 5.92 Å². The summed E-state index contributed by atoms with van der Waals surface area (Å²) in [6.07, 6.45) is 0. The van der Waals surface area contributed by atoms with E-state index in [4.69, 9.17) is 9.47 Å². The summed E-state index contributed by atoms with van der Waals surface area (Å²) in [5.41, 5.74) is 8.32. The van der Waals surface area contributed by atoms with Crippen molar-refractivity contribution in [3.05, 3.63) is 59.7 Å². The number of ether oxygens (including phenoxy) is 2. The van der Waals surface area contributed by atoms with Crippen LogP contribution in [-0.2, 0) is 11.3 Å². The van der Waals surface area contributed by atoms with E-state index in [-0.39, 0.29) is 17.9 Å². The van der Waals surface area contributed by atoms with Gasteiger partial charge in [-0.15, -0.1) is 0 Å². The van der Waals surface area contributed by atoms with Gasteiger partial charge in [0.1, 0.15) is 0 Å². The van der Waals surface area contributed by atoms with Gasteiger partial charge >= 0.3 is 0 Å². The van der Waals surface area contributed by atoms with Crippen molar-refractivity contribution in [2.24, 2.45) is 5.92 Å². The minimum absolute atomic E-state index is 0.0149. The van der Waals surface area contributed by atoms with Crippen molar-refractivity contribution in [1.29, 1.82) is 0 Å². The van der Waals surface area contributed by atoms with E-state index in [1.54, 1.807) is 14.2 Å². The molecule has 2 unspecified atom stereocenters. The minimum Gasteiger partial charge on any atom is -0.493 e. The second kappa shape index (κ2) is 8.00. The number of hydrogen-bond donors (Lipinski definition) is 3. The molecule has 0 saturated carbocycles. The molecule has 6 heteroatoms. The van der Waals surface area contributed by atoms with Crippen molar-refractivity contribution < 1.29 is 14.3 Å². The van der Waals surface area contributed by atoms with Crippen LogP contribution in [0.1, 0.15) is 17.2 Å². The molecule has 0 bridgehead atoms. The molecule has 1 fully saturated rings. The summed E-state index contributed by atoms with van der Waals surface area (Å²) in [6.45, 7) is 1.09.